The first-order valence-electron chi connectivity index (χ1n) is 10.6. The molecule has 0 unspecified atom stereocenters. The molecule has 2 aromatic rings. The molecule has 5 atom stereocenters. The number of rotatable bonds is 2. The van der Waals surface area contributed by atoms with E-state index in [1.807, 2.05) is 0 Å². The van der Waals surface area contributed by atoms with E-state index in [-0.39, 0.29) is 17.9 Å². The number of nitrogens with zero attached hydrogens (tertiary/aromatic N) is 3. The van der Waals surface area contributed by atoms with E-state index < -0.39 is 53.4 Å². The summed E-state index contributed by atoms with van der Waals surface area (Å²) in [5, 5.41) is 19.5. The van der Waals surface area contributed by atoms with Crippen LogP contribution in [0.2, 0.25) is 0 Å². The van der Waals surface area contributed by atoms with Gasteiger partial charge in [0.05, 0.1) is 19.4 Å². The van der Waals surface area contributed by atoms with Crippen molar-refractivity contribution in [2.75, 3.05) is 13.2 Å². The maximum absolute atomic E-state index is 13.7. The van der Waals surface area contributed by atoms with Crippen LogP contribution < -0.4 is 0 Å². The summed E-state index contributed by atoms with van der Waals surface area (Å²) < 4.78 is 66.1. The van der Waals surface area contributed by atoms with Crippen LogP contribution in [0.15, 0.2) is 18.3 Å². The van der Waals surface area contributed by atoms with E-state index in [0.29, 0.717) is 13.0 Å². The van der Waals surface area contributed by atoms with Crippen molar-refractivity contribution in [3.8, 4) is 11.3 Å². The van der Waals surface area contributed by atoms with E-state index in [9.17, 15) is 18.3 Å². The van der Waals surface area contributed by atoms with Crippen LogP contribution in [0.5, 0.6) is 0 Å². The highest BCUT2D eigenvalue weighted by molar-refractivity contribution is 5.57. The Balaban J connectivity index is 1.53. The quantitative estimate of drug-likeness (QED) is 0.697. The number of fused-ring (bicyclic) bond motifs is 1. The van der Waals surface area contributed by atoms with E-state index in [1.165, 1.54) is 10.9 Å². The number of hydrogen-bond acceptors (Lipinski definition) is 7. The minimum absolute atomic E-state index is 0.0163. The third-order valence-corrected chi connectivity index (χ3v) is 6.20. The number of aliphatic hydroxyl groups excluding tert-OH is 1. The molecule has 5 rings (SSSR count). The van der Waals surface area contributed by atoms with Gasteiger partial charge in [0, 0.05) is 12.0 Å². The fourth-order valence-electron chi connectivity index (χ4n) is 4.64. The van der Waals surface area contributed by atoms with Crippen molar-refractivity contribution in [3.63, 3.8) is 0 Å². The van der Waals surface area contributed by atoms with Crippen LogP contribution in [-0.2, 0) is 18.9 Å². The first-order valence-corrected chi connectivity index (χ1v) is 10.6. The van der Waals surface area contributed by atoms with Gasteiger partial charge in [-0.2, -0.15) is 0 Å². The Morgan fingerprint density at radius 3 is 2.53 bits per heavy atom. The Bertz CT molecular complexity index is 987. The van der Waals surface area contributed by atoms with Gasteiger partial charge in [-0.15, -0.1) is 5.10 Å². The molecule has 32 heavy (non-hydrogen) atoms. The summed E-state index contributed by atoms with van der Waals surface area (Å²) in [5.41, 5.74) is 0.130. The molecule has 1 aromatic carbocycles. The SMILES string of the molecule is CC1(C)OC[C@H]2O[C@@]3(CCCCO3)[C@H](O)[C@@H](n3cc(-c4cc(F)c(F)c(F)c4)nn3)[C@H]2O1. The van der Waals surface area contributed by atoms with Gasteiger partial charge < -0.3 is 24.1 Å². The molecule has 1 aromatic heterocycles. The number of hydrogen-bond donors (Lipinski definition) is 1. The van der Waals surface area contributed by atoms with Gasteiger partial charge in [0.1, 0.15) is 30.0 Å². The van der Waals surface area contributed by atoms with Crippen LogP contribution in [0.1, 0.15) is 39.2 Å². The van der Waals surface area contributed by atoms with Crippen LogP contribution in [0.4, 0.5) is 13.2 Å². The van der Waals surface area contributed by atoms with Gasteiger partial charge >= 0.3 is 0 Å². The fraction of sp³-hybridized carbons (Fsp3) is 0.619. The number of aliphatic hydroxyl groups is 1. The summed E-state index contributed by atoms with van der Waals surface area (Å²) in [5.74, 6) is -6.39. The minimum atomic E-state index is -1.56. The summed E-state index contributed by atoms with van der Waals surface area (Å²) in [6, 6.07) is 0.914. The molecule has 3 aliphatic heterocycles. The Labute approximate surface area is 182 Å². The maximum atomic E-state index is 13.7. The summed E-state index contributed by atoms with van der Waals surface area (Å²) in [7, 11) is 0. The van der Waals surface area contributed by atoms with Crippen molar-refractivity contribution in [1.82, 2.24) is 15.0 Å². The van der Waals surface area contributed by atoms with Gasteiger partial charge in [-0.1, -0.05) is 5.21 Å². The Morgan fingerprint density at radius 2 is 1.84 bits per heavy atom. The molecule has 11 heteroatoms. The average Bonchev–Trinajstić information content (AvgIpc) is 3.23. The zero-order valence-electron chi connectivity index (χ0n) is 17.6. The molecule has 174 valence electrons. The van der Waals surface area contributed by atoms with Crippen molar-refractivity contribution in [1.29, 1.82) is 0 Å². The molecule has 4 heterocycles. The average molecular weight is 455 g/mol. The van der Waals surface area contributed by atoms with E-state index >= 15 is 0 Å². The molecule has 0 radical (unpaired) electrons. The molecule has 1 spiro atoms. The molecule has 3 saturated heterocycles. The molecule has 1 N–H and O–H groups in total. The van der Waals surface area contributed by atoms with E-state index in [4.69, 9.17) is 18.9 Å². The molecule has 0 bridgehead atoms. The summed E-state index contributed by atoms with van der Waals surface area (Å²) >= 11 is 0. The van der Waals surface area contributed by atoms with Crippen molar-refractivity contribution in [3.05, 3.63) is 35.8 Å². The topological polar surface area (TPSA) is 87.9 Å². The highest BCUT2D eigenvalue weighted by Gasteiger charge is 2.59. The first-order chi connectivity index (χ1) is 15.2. The second kappa shape index (κ2) is 7.77. The molecule has 0 saturated carbocycles. The van der Waals surface area contributed by atoms with Crippen molar-refractivity contribution in [2.45, 2.75) is 69.0 Å². The number of aromatic nitrogens is 3. The van der Waals surface area contributed by atoms with Crippen LogP contribution in [0.25, 0.3) is 11.3 Å². The van der Waals surface area contributed by atoms with Gasteiger partial charge in [-0.25, -0.2) is 17.9 Å². The fourth-order valence-corrected chi connectivity index (χ4v) is 4.64. The van der Waals surface area contributed by atoms with Crippen molar-refractivity contribution < 1.29 is 37.2 Å². The van der Waals surface area contributed by atoms with Gasteiger partial charge in [0.15, 0.2) is 29.0 Å². The predicted octanol–water partition coefficient (Wildman–Crippen LogP) is 2.71. The monoisotopic (exact) mass is 455 g/mol. The number of ether oxygens (including phenoxy) is 4. The Kier molecular flexibility index (Phi) is 5.29. The van der Waals surface area contributed by atoms with E-state index in [0.717, 1.165) is 25.0 Å². The zero-order valence-corrected chi connectivity index (χ0v) is 17.6. The van der Waals surface area contributed by atoms with Crippen molar-refractivity contribution >= 4 is 0 Å². The molecular weight excluding hydrogens is 431 g/mol. The van der Waals surface area contributed by atoms with Gasteiger partial charge in [0.2, 0.25) is 0 Å². The largest absolute Gasteiger partial charge is 0.385 e. The minimum Gasteiger partial charge on any atom is -0.385 e. The lowest BCUT2D eigenvalue weighted by atomic mass is 9.85. The lowest BCUT2D eigenvalue weighted by Gasteiger charge is -2.55. The molecule has 8 nitrogen and oxygen atoms in total. The van der Waals surface area contributed by atoms with Crippen LogP contribution in [0, 0.1) is 17.5 Å². The van der Waals surface area contributed by atoms with E-state index in [1.54, 1.807) is 13.8 Å². The highest BCUT2D eigenvalue weighted by Crippen LogP contribution is 2.46. The van der Waals surface area contributed by atoms with Gasteiger partial charge in [-0.05, 0) is 38.8 Å². The molecule has 0 aliphatic carbocycles. The predicted molar refractivity (Wildman–Crippen MR) is 103 cm³/mol. The zero-order chi connectivity index (χ0) is 22.7. The smallest absolute Gasteiger partial charge is 0.197 e. The molecule has 3 fully saturated rings. The normalized spacial score (nSPS) is 34.4. The lowest BCUT2D eigenvalue weighted by molar-refractivity contribution is -0.413. The number of benzene rings is 1. The molecular formula is C21H24F3N3O5. The molecule has 3 aliphatic rings. The second-order valence-corrected chi connectivity index (χ2v) is 8.84. The number of halogens is 3. The summed E-state index contributed by atoms with van der Waals surface area (Å²) in [6.45, 7) is 4.17. The van der Waals surface area contributed by atoms with Crippen molar-refractivity contribution in [2.24, 2.45) is 0 Å². The third-order valence-electron chi connectivity index (χ3n) is 6.20. The van der Waals surface area contributed by atoms with Crippen LogP contribution >= 0.6 is 0 Å². The standard InChI is InChI=1S/C21H24F3N3O5/c1-20(2)30-10-15-18(32-20)17(19(28)21(31-15)5-3-4-6-29-21)27-9-14(25-26-27)11-7-12(22)16(24)13(23)8-11/h7-9,15,17-19,28H,3-6,10H2,1-2H3/t15-,17+,18+,19-,21+/m1/s1. The second-order valence-electron chi connectivity index (χ2n) is 8.84. The van der Waals surface area contributed by atoms with Crippen LogP contribution in [-0.4, -0.2) is 63.2 Å². The Morgan fingerprint density at radius 1 is 1.09 bits per heavy atom. The summed E-state index contributed by atoms with van der Waals surface area (Å²) in [6.07, 6.45) is 1.23. The Hall–Kier alpha value is -2.05. The maximum Gasteiger partial charge on any atom is 0.197 e. The van der Waals surface area contributed by atoms with E-state index in [2.05, 4.69) is 10.3 Å². The summed E-state index contributed by atoms with van der Waals surface area (Å²) in [4.78, 5) is 0. The van der Waals surface area contributed by atoms with Gasteiger partial charge in [0.25, 0.3) is 0 Å². The highest BCUT2D eigenvalue weighted by atomic mass is 19.2. The van der Waals surface area contributed by atoms with Crippen LogP contribution in [0.3, 0.4) is 0 Å². The lowest BCUT2D eigenvalue weighted by Crippen LogP contribution is -2.68. The third kappa shape index (κ3) is 3.61. The van der Waals surface area contributed by atoms with Gasteiger partial charge in [-0.3, -0.25) is 0 Å². The molecule has 0 amide bonds. The first kappa shape index (κ1) is 21.8.